The van der Waals surface area contributed by atoms with E-state index in [0.29, 0.717) is 21.3 Å². The molecule has 0 saturated carbocycles. The maximum Gasteiger partial charge on any atom is 0.262 e. The Kier molecular flexibility index (Phi) is 5.06. The third-order valence-electron chi connectivity index (χ3n) is 3.85. The normalized spacial score (nSPS) is 13.2. The van der Waals surface area contributed by atoms with Crippen molar-refractivity contribution in [1.29, 1.82) is 0 Å². The van der Waals surface area contributed by atoms with Crippen LogP contribution in [0.1, 0.15) is 33.6 Å². The summed E-state index contributed by atoms with van der Waals surface area (Å²) in [7, 11) is 0. The minimum absolute atomic E-state index is 0.150. The maximum atomic E-state index is 12.1. The second-order valence-corrected chi connectivity index (χ2v) is 7.11. The van der Waals surface area contributed by atoms with E-state index >= 15 is 0 Å². The number of nitrogens with two attached hydrogens (primary N) is 1. The standard InChI is InChI=1S/C17H17ClN2O3S/c18-10-5-7-11(8-6-10)23-9-14(21)20-17-15(16(19)22)12-3-1-2-4-13(12)24-17/h5-8H,1-4,9H2,(H2,19,22)(H,20,21). The van der Waals surface area contributed by atoms with E-state index in [1.807, 2.05) is 0 Å². The number of halogens is 1. The number of benzene rings is 1. The number of ether oxygens (including phenoxy) is 1. The van der Waals surface area contributed by atoms with Gasteiger partial charge >= 0.3 is 0 Å². The monoisotopic (exact) mass is 364 g/mol. The Morgan fingerprint density at radius 1 is 1.21 bits per heavy atom. The fourth-order valence-electron chi connectivity index (χ4n) is 2.76. The van der Waals surface area contributed by atoms with Gasteiger partial charge in [-0.1, -0.05) is 11.6 Å². The van der Waals surface area contributed by atoms with Crippen molar-refractivity contribution < 1.29 is 14.3 Å². The lowest BCUT2D eigenvalue weighted by Gasteiger charge is -2.11. The number of carbonyl (C=O) groups excluding carboxylic acids is 2. The lowest BCUT2D eigenvalue weighted by molar-refractivity contribution is -0.118. The quantitative estimate of drug-likeness (QED) is 0.853. The molecule has 5 nitrogen and oxygen atoms in total. The first-order chi connectivity index (χ1) is 11.5. The molecule has 24 heavy (non-hydrogen) atoms. The minimum atomic E-state index is -0.497. The molecule has 1 aromatic carbocycles. The molecule has 0 radical (unpaired) electrons. The van der Waals surface area contributed by atoms with Gasteiger partial charge in [-0.25, -0.2) is 0 Å². The highest BCUT2D eigenvalue weighted by Crippen LogP contribution is 2.37. The van der Waals surface area contributed by atoms with Crippen molar-refractivity contribution in [2.24, 2.45) is 5.73 Å². The largest absolute Gasteiger partial charge is 0.484 e. The molecular weight excluding hydrogens is 348 g/mol. The van der Waals surface area contributed by atoms with Gasteiger partial charge in [0.25, 0.3) is 11.8 Å². The van der Waals surface area contributed by atoms with E-state index in [0.717, 1.165) is 36.1 Å². The maximum absolute atomic E-state index is 12.1. The van der Waals surface area contributed by atoms with Crippen LogP contribution in [0.15, 0.2) is 24.3 Å². The molecule has 3 rings (SSSR count). The van der Waals surface area contributed by atoms with Crippen molar-refractivity contribution in [3.63, 3.8) is 0 Å². The van der Waals surface area contributed by atoms with Gasteiger partial charge in [0.05, 0.1) is 5.56 Å². The third-order valence-corrected chi connectivity index (χ3v) is 5.31. The summed E-state index contributed by atoms with van der Waals surface area (Å²) >= 11 is 7.24. The molecule has 2 amide bonds. The number of amides is 2. The summed E-state index contributed by atoms with van der Waals surface area (Å²) in [4.78, 5) is 25.1. The Morgan fingerprint density at radius 2 is 1.92 bits per heavy atom. The molecule has 0 unspecified atom stereocenters. The number of hydrogen-bond donors (Lipinski definition) is 2. The Morgan fingerprint density at radius 3 is 2.62 bits per heavy atom. The van der Waals surface area contributed by atoms with Gasteiger partial charge < -0.3 is 15.8 Å². The fraction of sp³-hybridized carbons (Fsp3) is 0.294. The van der Waals surface area contributed by atoms with E-state index in [9.17, 15) is 9.59 Å². The summed E-state index contributed by atoms with van der Waals surface area (Å²) in [5, 5.41) is 3.88. The first kappa shape index (κ1) is 16.8. The molecule has 0 atom stereocenters. The number of hydrogen-bond acceptors (Lipinski definition) is 4. The molecule has 1 aliphatic rings. The molecule has 0 aliphatic heterocycles. The Labute approximate surface area is 148 Å². The fourth-order valence-corrected chi connectivity index (χ4v) is 4.19. The predicted molar refractivity (Wildman–Crippen MR) is 95.1 cm³/mol. The molecule has 126 valence electrons. The number of thiophene rings is 1. The molecule has 0 bridgehead atoms. The molecule has 0 spiro atoms. The number of aryl methyl sites for hydroxylation is 1. The van der Waals surface area contributed by atoms with Gasteiger partial charge in [-0.05, 0) is 55.5 Å². The number of nitrogens with one attached hydrogen (secondary N) is 1. The topological polar surface area (TPSA) is 81.4 Å². The van der Waals surface area contributed by atoms with Crippen LogP contribution in [0.4, 0.5) is 5.00 Å². The van der Waals surface area contributed by atoms with Gasteiger partial charge in [0.15, 0.2) is 6.61 Å². The van der Waals surface area contributed by atoms with E-state index < -0.39 is 5.91 Å². The summed E-state index contributed by atoms with van der Waals surface area (Å²) in [6.07, 6.45) is 3.90. The van der Waals surface area contributed by atoms with Crippen LogP contribution in [-0.2, 0) is 17.6 Å². The smallest absolute Gasteiger partial charge is 0.262 e. The van der Waals surface area contributed by atoms with Gasteiger partial charge in [0.1, 0.15) is 10.8 Å². The second-order valence-electron chi connectivity index (χ2n) is 5.57. The highest BCUT2D eigenvalue weighted by molar-refractivity contribution is 7.17. The van der Waals surface area contributed by atoms with Crippen LogP contribution >= 0.6 is 22.9 Å². The van der Waals surface area contributed by atoms with Crippen LogP contribution < -0.4 is 15.8 Å². The zero-order valence-electron chi connectivity index (χ0n) is 12.9. The zero-order valence-corrected chi connectivity index (χ0v) is 14.5. The second kappa shape index (κ2) is 7.23. The molecule has 7 heteroatoms. The van der Waals surface area contributed by atoms with E-state index in [-0.39, 0.29) is 12.5 Å². The summed E-state index contributed by atoms with van der Waals surface area (Å²) in [6, 6.07) is 6.75. The Hall–Kier alpha value is -2.05. The molecule has 2 aromatic rings. The van der Waals surface area contributed by atoms with Crippen molar-refractivity contribution in [2.75, 3.05) is 11.9 Å². The Bertz CT molecular complexity index is 771. The third kappa shape index (κ3) is 3.71. The van der Waals surface area contributed by atoms with Gasteiger partial charge in [-0.2, -0.15) is 0 Å². The summed E-state index contributed by atoms with van der Waals surface area (Å²) < 4.78 is 5.42. The number of fused-ring (bicyclic) bond motifs is 1. The number of carbonyl (C=O) groups is 2. The van der Waals surface area contributed by atoms with Gasteiger partial charge in [-0.3, -0.25) is 9.59 Å². The average molecular weight is 365 g/mol. The van der Waals surface area contributed by atoms with Crippen molar-refractivity contribution >= 4 is 39.8 Å². The van der Waals surface area contributed by atoms with Crippen LogP contribution in [0.3, 0.4) is 0 Å². The van der Waals surface area contributed by atoms with Crippen LogP contribution in [0, 0.1) is 0 Å². The predicted octanol–water partition coefficient (Wildman–Crippen LogP) is 3.40. The highest BCUT2D eigenvalue weighted by Gasteiger charge is 2.24. The number of rotatable bonds is 5. The van der Waals surface area contributed by atoms with Crippen molar-refractivity contribution in [2.45, 2.75) is 25.7 Å². The molecule has 1 aliphatic carbocycles. The first-order valence-electron chi connectivity index (χ1n) is 7.67. The van der Waals surface area contributed by atoms with Gasteiger partial charge in [0, 0.05) is 9.90 Å². The van der Waals surface area contributed by atoms with E-state index in [2.05, 4.69) is 5.32 Å². The van der Waals surface area contributed by atoms with Gasteiger partial charge in [0.2, 0.25) is 0 Å². The van der Waals surface area contributed by atoms with E-state index in [1.54, 1.807) is 24.3 Å². The summed E-state index contributed by atoms with van der Waals surface area (Å²) in [5.41, 5.74) is 6.96. The van der Waals surface area contributed by atoms with Crippen LogP contribution in [-0.4, -0.2) is 18.4 Å². The first-order valence-corrected chi connectivity index (χ1v) is 8.86. The number of primary amides is 1. The van der Waals surface area contributed by atoms with Crippen molar-refractivity contribution in [1.82, 2.24) is 0 Å². The zero-order chi connectivity index (χ0) is 17.1. The SMILES string of the molecule is NC(=O)c1c(NC(=O)COc2ccc(Cl)cc2)sc2c1CCCC2. The lowest BCUT2D eigenvalue weighted by atomic mass is 9.95. The van der Waals surface area contributed by atoms with E-state index in [1.165, 1.54) is 11.3 Å². The molecule has 3 N–H and O–H groups in total. The van der Waals surface area contributed by atoms with Crippen LogP contribution in [0.2, 0.25) is 5.02 Å². The number of anilines is 1. The van der Waals surface area contributed by atoms with E-state index in [4.69, 9.17) is 22.1 Å². The molecule has 0 saturated heterocycles. The molecular formula is C17H17ClN2O3S. The van der Waals surface area contributed by atoms with Crippen LogP contribution in [0.25, 0.3) is 0 Å². The Balaban J connectivity index is 1.69. The molecule has 1 heterocycles. The van der Waals surface area contributed by atoms with Crippen molar-refractivity contribution in [3.8, 4) is 5.75 Å². The molecule has 0 fully saturated rings. The summed E-state index contributed by atoms with van der Waals surface area (Å²) in [6.45, 7) is -0.150. The van der Waals surface area contributed by atoms with Gasteiger partial charge in [-0.15, -0.1) is 11.3 Å². The minimum Gasteiger partial charge on any atom is -0.484 e. The summed E-state index contributed by atoms with van der Waals surface area (Å²) in [5.74, 6) is -0.274. The van der Waals surface area contributed by atoms with Crippen molar-refractivity contribution in [3.05, 3.63) is 45.3 Å². The lowest BCUT2D eigenvalue weighted by Crippen LogP contribution is -2.22. The average Bonchev–Trinajstić information content (AvgIpc) is 2.92. The highest BCUT2D eigenvalue weighted by atomic mass is 35.5. The molecule has 1 aromatic heterocycles. The van der Waals surface area contributed by atoms with Crippen LogP contribution in [0.5, 0.6) is 5.75 Å².